The fraction of sp³-hybridized carbons (Fsp3) is 0.143. The summed E-state index contributed by atoms with van der Waals surface area (Å²) in [6, 6.07) is 39.6. The molecule has 0 bridgehead atoms. The molecule has 1 atom stereocenters. The average molecular weight is 698 g/mol. The van der Waals surface area contributed by atoms with Crippen LogP contribution < -0.4 is 16.0 Å². The van der Waals surface area contributed by atoms with Crippen molar-refractivity contribution in [2.75, 3.05) is 17.2 Å². The second-order valence-corrected chi connectivity index (χ2v) is 12.9. The van der Waals surface area contributed by atoms with Crippen LogP contribution in [-0.2, 0) is 14.3 Å². The summed E-state index contributed by atoms with van der Waals surface area (Å²) in [5, 5.41) is 8.02. The number of carbonyl (C=O) groups excluding carboxylic acids is 4. The number of amides is 3. The van der Waals surface area contributed by atoms with Gasteiger partial charge in [0.25, 0.3) is 11.8 Å². The molecule has 0 aliphatic rings. The van der Waals surface area contributed by atoms with E-state index in [0.717, 1.165) is 34.4 Å². The molecule has 0 aliphatic carbocycles. The van der Waals surface area contributed by atoms with Gasteiger partial charge in [0.1, 0.15) is 10.9 Å². The Balaban J connectivity index is 1.28. The minimum absolute atomic E-state index is 0.0911. The average Bonchev–Trinajstić information content (AvgIpc) is 3.16. The Labute approximate surface area is 302 Å². The summed E-state index contributed by atoms with van der Waals surface area (Å²) in [7, 11) is 0. The summed E-state index contributed by atoms with van der Waals surface area (Å²) < 4.78 is 5.28. The molecular formula is C42H39N3O5S. The number of benzene rings is 5. The van der Waals surface area contributed by atoms with Crippen LogP contribution in [0.4, 0.5) is 11.4 Å². The molecule has 0 heterocycles. The number of hydrogen-bond acceptors (Lipinski definition) is 6. The second-order valence-electron chi connectivity index (χ2n) is 11.7. The molecule has 1 unspecified atom stereocenters. The molecular weight excluding hydrogens is 659 g/mol. The Morgan fingerprint density at radius 3 is 1.96 bits per heavy atom. The van der Waals surface area contributed by atoms with Gasteiger partial charge in [-0.25, -0.2) is 4.79 Å². The monoisotopic (exact) mass is 697 g/mol. The summed E-state index contributed by atoms with van der Waals surface area (Å²) in [6.07, 6.45) is 3.37. The highest BCUT2D eigenvalue weighted by Crippen LogP contribution is 2.37. The molecule has 9 heteroatoms. The van der Waals surface area contributed by atoms with Gasteiger partial charge in [0, 0.05) is 21.8 Å². The van der Waals surface area contributed by atoms with E-state index in [-0.39, 0.29) is 11.6 Å². The third kappa shape index (κ3) is 10.8. The summed E-state index contributed by atoms with van der Waals surface area (Å²) in [4.78, 5) is 53.2. The van der Waals surface area contributed by atoms with Crippen LogP contribution in [0.3, 0.4) is 0 Å². The summed E-state index contributed by atoms with van der Waals surface area (Å²) in [5.74, 6) is -1.51. The third-order valence-corrected chi connectivity index (χ3v) is 9.01. The highest BCUT2D eigenvalue weighted by Gasteiger charge is 2.23. The minimum atomic E-state index is -0.595. The van der Waals surface area contributed by atoms with Crippen LogP contribution in [0.5, 0.6) is 0 Å². The van der Waals surface area contributed by atoms with E-state index in [2.05, 4.69) is 16.0 Å². The van der Waals surface area contributed by atoms with E-state index in [0.29, 0.717) is 29.1 Å². The van der Waals surface area contributed by atoms with Gasteiger partial charge in [-0.15, -0.1) is 11.8 Å². The largest absolute Gasteiger partial charge is 0.462 e. The Kier molecular flexibility index (Phi) is 13.0. The van der Waals surface area contributed by atoms with Gasteiger partial charge in [-0.2, -0.15) is 0 Å². The third-order valence-electron chi connectivity index (χ3n) is 7.74. The molecule has 0 saturated carbocycles. The molecule has 0 radical (unpaired) electrons. The molecule has 0 spiro atoms. The van der Waals surface area contributed by atoms with Crippen molar-refractivity contribution in [3.05, 3.63) is 167 Å². The number of esters is 1. The molecule has 258 valence electrons. The number of rotatable bonds is 14. The first-order valence-electron chi connectivity index (χ1n) is 16.6. The smallest absolute Gasteiger partial charge is 0.338 e. The molecule has 0 aliphatic heterocycles. The highest BCUT2D eigenvalue weighted by atomic mass is 32.2. The van der Waals surface area contributed by atoms with E-state index in [1.54, 1.807) is 66.7 Å². The van der Waals surface area contributed by atoms with Crippen molar-refractivity contribution in [1.82, 2.24) is 5.32 Å². The standard InChI is InChI=1S/C42H39N3O5S/c1-3-4-27-50-42(49)33-19-21-34(22-20-33)44-41(48)38(31-11-7-5-8-12-31)51-36-25-23-35(24-26-36)43-40(47)37(28-30-17-15-29(2)16-18-30)45-39(46)32-13-9-6-10-14-32/h5-26,28,38H,3-4,27H2,1-2H3,(H,43,47)(H,44,48)(H,45,46)/b37-28-. The topological polar surface area (TPSA) is 114 Å². The van der Waals surface area contributed by atoms with Crippen LogP contribution in [0.1, 0.15) is 62.4 Å². The van der Waals surface area contributed by atoms with Crippen molar-refractivity contribution in [2.45, 2.75) is 36.8 Å². The summed E-state index contributed by atoms with van der Waals surface area (Å²) >= 11 is 1.36. The van der Waals surface area contributed by atoms with E-state index in [9.17, 15) is 19.2 Å². The van der Waals surface area contributed by atoms with Crippen LogP contribution >= 0.6 is 11.8 Å². The first kappa shape index (κ1) is 36.4. The molecule has 3 amide bonds. The Morgan fingerprint density at radius 2 is 1.31 bits per heavy atom. The zero-order valence-corrected chi connectivity index (χ0v) is 29.2. The number of hydrogen-bond donors (Lipinski definition) is 3. The fourth-order valence-electron chi connectivity index (χ4n) is 4.91. The van der Waals surface area contributed by atoms with Crippen LogP contribution in [0, 0.1) is 6.92 Å². The summed E-state index contributed by atoms with van der Waals surface area (Å²) in [6.45, 7) is 4.38. The summed E-state index contributed by atoms with van der Waals surface area (Å²) in [5.41, 5.74) is 4.66. The zero-order chi connectivity index (χ0) is 36.0. The van der Waals surface area contributed by atoms with Crippen molar-refractivity contribution in [3.8, 4) is 0 Å². The Hall–Kier alpha value is -5.93. The van der Waals surface area contributed by atoms with Gasteiger partial charge in [-0.1, -0.05) is 91.7 Å². The Bertz CT molecular complexity index is 1960. The van der Waals surface area contributed by atoms with E-state index in [4.69, 9.17) is 4.74 Å². The van der Waals surface area contributed by atoms with Gasteiger partial charge in [0.05, 0.1) is 12.2 Å². The first-order valence-corrected chi connectivity index (χ1v) is 17.5. The number of carbonyl (C=O) groups is 4. The molecule has 5 rings (SSSR count). The van der Waals surface area contributed by atoms with Gasteiger partial charge in [-0.05, 0) is 91.2 Å². The Morgan fingerprint density at radius 1 is 0.706 bits per heavy atom. The quantitative estimate of drug-likeness (QED) is 0.0463. The number of thioether (sulfide) groups is 1. The molecule has 8 nitrogen and oxygen atoms in total. The molecule has 0 aromatic heterocycles. The lowest BCUT2D eigenvalue weighted by Crippen LogP contribution is -2.30. The van der Waals surface area contributed by atoms with Crippen LogP contribution in [-0.4, -0.2) is 30.3 Å². The number of anilines is 2. The van der Waals surface area contributed by atoms with Crippen molar-refractivity contribution < 1.29 is 23.9 Å². The van der Waals surface area contributed by atoms with Crippen molar-refractivity contribution >= 4 is 52.9 Å². The van der Waals surface area contributed by atoms with Crippen molar-refractivity contribution in [2.24, 2.45) is 0 Å². The maximum absolute atomic E-state index is 13.6. The number of unbranched alkanes of at least 4 members (excludes halogenated alkanes) is 1. The molecule has 51 heavy (non-hydrogen) atoms. The van der Waals surface area contributed by atoms with E-state index >= 15 is 0 Å². The van der Waals surface area contributed by atoms with Crippen molar-refractivity contribution in [3.63, 3.8) is 0 Å². The number of ether oxygens (including phenoxy) is 1. The zero-order valence-electron chi connectivity index (χ0n) is 28.4. The fourth-order valence-corrected chi connectivity index (χ4v) is 5.94. The normalized spacial score (nSPS) is 11.6. The van der Waals surface area contributed by atoms with E-state index < -0.39 is 23.0 Å². The van der Waals surface area contributed by atoms with Gasteiger partial charge in [0.15, 0.2) is 0 Å². The van der Waals surface area contributed by atoms with Gasteiger partial charge in [0.2, 0.25) is 5.91 Å². The molecule has 5 aromatic rings. The van der Waals surface area contributed by atoms with E-state index in [1.807, 2.05) is 86.6 Å². The predicted molar refractivity (Wildman–Crippen MR) is 203 cm³/mol. The van der Waals surface area contributed by atoms with Crippen LogP contribution in [0.25, 0.3) is 6.08 Å². The SMILES string of the molecule is CCCCOC(=O)c1ccc(NC(=O)C(Sc2ccc(NC(=O)/C(=C/c3ccc(C)cc3)NC(=O)c3ccccc3)cc2)c2ccccc2)cc1. The molecule has 3 N–H and O–H groups in total. The first-order chi connectivity index (χ1) is 24.8. The second kappa shape index (κ2) is 18.2. The number of nitrogens with one attached hydrogen (secondary N) is 3. The lowest BCUT2D eigenvalue weighted by molar-refractivity contribution is -0.116. The molecule has 0 fully saturated rings. The maximum Gasteiger partial charge on any atom is 0.338 e. The van der Waals surface area contributed by atoms with Gasteiger partial charge >= 0.3 is 5.97 Å². The van der Waals surface area contributed by atoms with Crippen LogP contribution in [0.15, 0.2) is 144 Å². The maximum atomic E-state index is 13.6. The van der Waals surface area contributed by atoms with Gasteiger partial charge in [-0.3, -0.25) is 14.4 Å². The minimum Gasteiger partial charge on any atom is -0.462 e. The number of aryl methyl sites for hydroxylation is 1. The van der Waals surface area contributed by atoms with Crippen molar-refractivity contribution in [1.29, 1.82) is 0 Å². The molecule has 5 aromatic carbocycles. The van der Waals surface area contributed by atoms with E-state index in [1.165, 1.54) is 11.8 Å². The lowest BCUT2D eigenvalue weighted by Gasteiger charge is -2.18. The predicted octanol–water partition coefficient (Wildman–Crippen LogP) is 8.83. The lowest BCUT2D eigenvalue weighted by atomic mass is 10.1. The molecule has 0 saturated heterocycles. The highest BCUT2D eigenvalue weighted by molar-refractivity contribution is 8.00. The van der Waals surface area contributed by atoms with Gasteiger partial charge < -0.3 is 20.7 Å². The van der Waals surface area contributed by atoms with Crippen LogP contribution in [0.2, 0.25) is 0 Å².